The molecule has 0 radical (unpaired) electrons. The molecule has 2 aliphatic rings. The number of amides is 1. The highest BCUT2D eigenvalue weighted by molar-refractivity contribution is 6.01. The Bertz CT molecular complexity index is 893. The number of benzene rings is 2. The van der Waals surface area contributed by atoms with Gasteiger partial charge in [-0.1, -0.05) is 35.5 Å². The van der Waals surface area contributed by atoms with E-state index in [1.807, 2.05) is 53.4 Å². The van der Waals surface area contributed by atoms with Gasteiger partial charge >= 0.3 is 0 Å². The summed E-state index contributed by atoms with van der Waals surface area (Å²) in [6.45, 7) is 1.13. The lowest BCUT2D eigenvalue weighted by Gasteiger charge is -2.25. The Morgan fingerprint density at radius 1 is 1.10 bits per heavy atom. The monoisotopic (exact) mass is 394 g/mol. The third-order valence-electron chi connectivity index (χ3n) is 5.33. The van der Waals surface area contributed by atoms with E-state index in [0.29, 0.717) is 31.0 Å². The van der Waals surface area contributed by atoms with Crippen molar-refractivity contribution in [1.82, 2.24) is 4.90 Å². The van der Waals surface area contributed by atoms with E-state index >= 15 is 0 Å². The Kier molecular flexibility index (Phi) is 5.69. The van der Waals surface area contributed by atoms with Crippen molar-refractivity contribution in [3.63, 3.8) is 0 Å². The molecule has 152 valence electrons. The van der Waals surface area contributed by atoms with Gasteiger partial charge in [-0.2, -0.15) is 0 Å². The summed E-state index contributed by atoms with van der Waals surface area (Å²) in [5.41, 5.74) is 2.92. The molecule has 1 saturated carbocycles. The van der Waals surface area contributed by atoms with Crippen LogP contribution < -0.4 is 9.47 Å². The predicted octanol–water partition coefficient (Wildman–Crippen LogP) is 3.64. The molecule has 6 heteroatoms. The first-order valence-electron chi connectivity index (χ1n) is 9.95. The van der Waals surface area contributed by atoms with E-state index in [9.17, 15) is 4.79 Å². The number of carbonyl (C=O) groups is 1. The Morgan fingerprint density at radius 3 is 2.55 bits per heavy atom. The van der Waals surface area contributed by atoms with Crippen LogP contribution in [-0.4, -0.2) is 43.4 Å². The zero-order valence-corrected chi connectivity index (χ0v) is 16.8. The minimum Gasteiger partial charge on any atom is -0.493 e. The van der Waals surface area contributed by atoms with E-state index in [0.717, 1.165) is 29.7 Å². The second kappa shape index (κ2) is 8.55. The van der Waals surface area contributed by atoms with E-state index < -0.39 is 0 Å². The summed E-state index contributed by atoms with van der Waals surface area (Å²) in [5.74, 6) is 1.73. The molecule has 2 aromatic carbocycles. The third kappa shape index (κ3) is 4.53. The number of rotatable bonds is 8. The smallest absolute Gasteiger partial charge is 0.226 e. The first-order valence-corrected chi connectivity index (χ1v) is 9.95. The molecule has 0 saturated heterocycles. The van der Waals surface area contributed by atoms with Crippen LogP contribution in [0.15, 0.2) is 53.7 Å². The van der Waals surface area contributed by atoms with Crippen LogP contribution in [0, 0.1) is 5.92 Å². The lowest BCUT2D eigenvalue weighted by molar-refractivity contribution is -0.135. The van der Waals surface area contributed by atoms with Gasteiger partial charge in [0.05, 0.1) is 26.5 Å². The molecule has 1 unspecified atom stereocenters. The van der Waals surface area contributed by atoms with Gasteiger partial charge in [-0.3, -0.25) is 4.79 Å². The van der Waals surface area contributed by atoms with Crippen LogP contribution in [0.2, 0.25) is 0 Å². The number of nitrogens with zero attached hydrogens (tertiary/aromatic N) is 2. The zero-order valence-electron chi connectivity index (χ0n) is 16.8. The number of hydrogen-bond acceptors (Lipinski definition) is 5. The van der Waals surface area contributed by atoms with Crippen LogP contribution in [0.1, 0.15) is 30.4 Å². The zero-order chi connectivity index (χ0) is 20.2. The second-order valence-electron chi connectivity index (χ2n) is 7.52. The molecule has 1 aliphatic heterocycles. The minimum absolute atomic E-state index is 0.149. The Morgan fingerprint density at radius 2 is 1.86 bits per heavy atom. The molecule has 1 atom stereocenters. The summed E-state index contributed by atoms with van der Waals surface area (Å²) < 4.78 is 10.7. The number of hydrogen-bond donors (Lipinski definition) is 0. The van der Waals surface area contributed by atoms with Gasteiger partial charge in [0, 0.05) is 24.4 Å². The van der Waals surface area contributed by atoms with Crippen molar-refractivity contribution in [3.05, 3.63) is 59.7 Å². The van der Waals surface area contributed by atoms with Crippen LogP contribution in [0.5, 0.6) is 11.5 Å². The molecule has 1 fully saturated rings. The van der Waals surface area contributed by atoms with Crippen molar-refractivity contribution < 1.29 is 19.1 Å². The fourth-order valence-corrected chi connectivity index (χ4v) is 3.58. The fraction of sp³-hybridized carbons (Fsp3) is 0.391. The maximum Gasteiger partial charge on any atom is 0.226 e. The van der Waals surface area contributed by atoms with Crippen molar-refractivity contribution in [2.45, 2.75) is 31.9 Å². The molecule has 1 aliphatic carbocycles. The standard InChI is InChI=1S/C23H26N2O4/c1-27-21-11-10-18(12-22(21)28-2)20-13-19(29-24-20)15-25(23(26)17-8-9-17)14-16-6-4-3-5-7-16/h3-7,10-12,17,19H,8-9,13-15H2,1-2H3. The minimum atomic E-state index is -0.149. The van der Waals surface area contributed by atoms with E-state index in [4.69, 9.17) is 14.3 Å². The molecule has 0 bridgehead atoms. The Hall–Kier alpha value is -3.02. The number of oxime groups is 1. The van der Waals surface area contributed by atoms with Gasteiger partial charge in [-0.05, 0) is 36.6 Å². The van der Waals surface area contributed by atoms with Gasteiger partial charge < -0.3 is 19.2 Å². The van der Waals surface area contributed by atoms with Gasteiger partial charge in [-0.25, -0.2) is 0 Å². The maximum atomic E-state index is 12.8. The Labute approximate surface area is 171 Å². The predicted molar refractivity (Wildman–Crippen MR) is 110 cm³/mol. The average molecular weight is 394 g/mol. The van der Waals surface area contributed by atoms with Gasteiger partial charge in [0.25, 0.3) is 0 Å². The molecular weight excluding hydrogens is 368 g/mol. The summed E-state index contributed by atoms with van der Waals surface area (Å²) in [7, 11) is 3.23. The molecular formula is C23H26N2O4. The van der Waals surface area contributed by atoms with Crippen LogP contribution in [0.3, 0.4) is 0 Å². The molecule has 1 heterocycles. The van der Waals surface area contributed by atoms with Gasteiger partial charge in [0.15, 0.2) is 17.6 Å². The molecule has 0 N–H and O–H groups in total. The first kappa shape index (κ1) is 19.3. The van der Waals surface area contributed by atoms with E-state index in [2.05, 4.69) is 5.16 Å². The van der Waals surface area contributed by atoms with Crippen molar-refractivity contribution in [1.29, 1.82) is 0 Å². The summed E-state index contributed by atoms with van der Waals surface area (Å²) in [5, 5.41) is 4.28. The van der Waals surface area contributed by atoms with E-state index in [1.165, 1.54) is 0 Å². The third-order valence-corrected chi connectivity index (χ3v) is 5.33. The van der Waals surface area contributed by atoms with Gasteiger partial charge in [0.2, 0.25) is 5.91 Å². The number of methoxy groups -OCH3 is 2. The van der Waals surface area contributed by atoms with Crippen molar-refractivity contribution in [2.24, 2.45) is 11.1 Å². The van der Waals surface area contributed by atoms with Crippen LogP contribution >= 0.6 is 0 Å². The highest BCUT2D eigenvalue weighted by atomic mass is 16.6. The average Bonchev–Trinajstić information content (AvgIpc) is 3.51. The molecule has 0 spiro atoms. The maximum absolute atomic E-state index is 12.8. The first-order chi connectivity index (χ1) is 14.2. The summed E-state index contributed by atoms with van der Waals surface area (Å²) in [4.78, 5) is 20.4. The highest BCUT2D eigenvalue weighted by Gasteiger charge is 2.35. The topological polar surface area (TPSA) is 60.4 Å². The van der Waals surface area contributed by atoms with Crippen LogP contribution in [0.25, 0.3) is 0 Å². The lowest BCUT2D eigenvalue weighted by Crippen LogP contribution is -2.38. The number of ether oxygens (including phenoxy) is 2. The fourth-order valence-electron chi connectivity index (χ4n) is 3.58. The van der Waals surface area contributed by atoms with Gasteiger partial charge in [-0.15, -0.1) is 0 Å². The molecule has 29 heavy (non-hydrogen) atoms. The molecule has 0 aromatic heterocycles. The van der Waals surface area contributed by atoms with Crippen molar-refractivity contribution >= 4 is 11.6 Å². The van der Waals surface area contributed by atoms with Gasteiger partial charge in [0.1, 0.15) is 0 Å². The highest BCUT2D eigenvalue weighted by Crippen LogP contribution is 2.33. The lowest BCUT2D eigenvalue weighted by atomic mass is 10.0. The summed E-state index contributed by atoms with van der Waals surface area (Å²) in [6, 6.07) is 15.8. The molecule has 6 nitrogen and oxygen atoms in total. The summed E-state index contributed by atoms with van der Waals surface area (Å²) in [6.07, 6.45) is 2.48. The molecule has 1 amide bonds. The van der Waals surface area contributed by atoms with Crippen molar-refractivity contribution in [2.75, 3.05) is 20.8 Å². The van der Waals surface area contributed by atoms with E-state index in [-0.39, 0.29) is 17.9 Å². The van der Waals surface area contributed by atoms with Crippen LogP contribution in [0.4, 0.5) is 0 Å². The number of carbonyl (C=O) groups excluding carboxylic acids is 1. The summed E-state index contributed by atoms with van der Waals surface area (Å²) >= 11 is 0. The SMILES string of the molecule is COc1ccc(C2=NOC(CN(Cc3ccccc3)C(=O)C3CC3)C2)cc1OC. The van der Waals surface area contributed by atoms with Crippen molar-refractivity contribution in [3.8, 4) is 11.5 Å². The largest absolute Gasteiger partial charge is 0.493 e. The van der Waals surface area contributed by atoms with E-state index in [1.54, 1.807) is 14.2 Å². The molecule has 2 aromatic rings. The Balaban J connectivity index is 1.43. The normalized spacial score (nSPS) is 18.0. The quantitative estimate of drug-likeness (QED) is 0.686. The van der Waals surface area contributed by atoms with Crippen LogP contribution in [-0.2, 0) is 16.2 Å². The molecule has 4 rings (SSSR count). The second-order valence-corrected chi connectivity index (χ2v) is 7.52.